The summed E-state index contributed by atoms with van der Waals surface area (Å²) in [4.78, 5) is 0. The molecule has 72 valence electrons. The van der Waals surface area contributed by atoms with Gasteiger partial charge in [0.1, 0.15) is 0 Å². The van der Waals surface area contributed by atoms with Crippen LogP contribution in [0.4, 0.5) is 0 Å². The molecule has 0 aliphatic rings. The predicted molar refractivity (Wildman–Crippen MR) is 66.9 cm³/mol. The molecule has 0 saturated carbocycles. The maximum Gasteiger partial charge on any atom is 0.418 e. The van der Waals surface area contributed by atoms with E-state index in [0.717, 1.165) is 19.6 Å². The van der Waals surface area contributed by atoms with Gasteiger partial charge in [0.05, 0.1) is 9.40 Å². The van der Waals surface area contributed by atoms with Crippen molar-refractivity contribution in [2.24, 2.45) is 0 Å². The molecule has 1 aromatic heterocycles. The molecule has 0 unspecified atom stereocenters. The van der Waals surface area contributed by atoms with Crippen LogP contribution in [0.1, 0.15) is 0 Å². The summed E-state index contributed by atoms with van der Waals surface area (Å²) in [5, 5.41) is 1.94. The monoisotopic (exact) mass is 231 g/mol. The number of hydrogen-bond acceptors (Lipinski definition) is 2. The van der Waals surface area contributed by atoms with Gasteiger partial charge in [-0.2, -0.15) is 0 Å². The van der Waals surface area contributed by atoms with Gasteiger partial charge in [-0.05, 0) is 24.3 Å². The standard InChI is InChI=1S/C12H8OPS/c13-14-9-5-1-3-7-11(9)15-12-8-4-2-6-10(12)14/h1-8H/q+1. The molecule has 0 N–H and O–H groups in total. The smallest absolute Gasteiger partial charge is 0.127 e. The highest BCUT2D eigenvalue weighted by Gasteiger charge is 2.14. The lowest BCUT2D eigenvalue weighted by Crippen LogP contribution is -1.68. The lowest BCUT2D eigenvalue weighted by atomic mass is 10.4. The van der Waals surface area contributed by atoms with Crippen molar-refractivity contribution in [1.82, 2.24) is 0 Å². The first-order valence-electron chi connectivity index (χ1n) is 4.69. The minimum Gasteiger partial charge on any atom is -0.127 e. The summed E-state index contributed by atoms with van der Waals surface area (Å²) in [5.74, 6) is 0. The molecule has 1 nitrogen and oxygen atoms in total. The van der Waals surface area contributed by atoms with Crippen LogP contribution in [0.2, 0.25) is 0 Å². The fourth-order valence-electron chi connectivity index (χ4n) is 1.67. The van der Waals surface area contributed by atoms with Crippen LogP contribution in [0.15, 0.2) is 48.5 Å². The molecule has 0 aliphatic carbocycles. The van der Waals surface area contributed by atoms with Gasteiger partial charge < -0.3 is 0 Å². The van der Waals surface area contributed by atoms with E-state index in [2.05, 4.69) is 0 Å². The van der Waals surface area contributed by atoms with E-state index in [1.807, 2.05) is 48.5 Å². The van der Waals surface area contributed by atoms with Gasteiger partial charge in [0.2, 0.25) is 10.2 Å². The first-order valence-corrected chi connectivity index (χ1v) is 6.77. The highest BCUT2D eigenvalue weighted by Crippen LogP contribution is 2.39. The molecule has 3 heteroatoms. The number of rotatable bonds is 0. The molecule has 3 rings (SSSR count). The number of fused-ring (bicyclic) bond motifs is 2. The molecule has 0 spiro atoms. The van der Waals surface area contributed by atoms with Crippen LogP contribution in [0.25, 0.3) is 19.6 Å². The Morgan fingerprint density at radius 2 is 1.27 bits per heavy atom. The van der Waals surface area contributed by atoms with Gasteiger partial charge >= 0.3 is 7.41 Å². The first kappa shape index (κ1) is 9.02. The Morgan fingerprint density at radius 1 is 0.800 bits per heavy atom. The highest BCUT2D eigenvalue weighted by atomic mass is 32.1. The van der Waals surface area contributed by atoms with Crippen molar-refractivity contribution in [3.63, 3.8) is 0 Å². The van der Waals surface area contributed by atoms with Crippen molar-refractivity contribution in [2.45, 2.75) is 0 Å². The van der Waals surface area contributed by atoms with E-state index in [0.29, 0.717) is 0 Å². The number of benzene rings is 2. The van der Waals surface area contributed by atoms with Crippen molar-refractivity contribution in [3.05, 3.63) is 48.5 Å². The van der Waals surface area contributed by atoms with Crippen LogP contribution < -0.4 is 0 Å². The summed E-state index contributed by atoms with van der Waals surface area (Å²) in [5.41, 5.74) is 0. The summed E-state index contributed by atoms with van der Waals surface area (Å²) in [6, 6.07) is 15.8. The van der Waals surface area contributed by atoms with E-state index in [4.69, 9.17) is 0 Å². The first-order chi connectivity index (χ1) is 7.36. The Bertz CT molecular complexity index is 645. The molecule has 0 fully saturated rings. The minimum absolute atomic E-state index is 0.969. The third-order valence-electron chi connectivity index (χ3n) is 2.39. The van der Waals surface area contributed by atoms with E-state index in [1.54, 1.807) is 11.3 Å². The van der Waals surface area contributed by atoms with Gasteiger partial charge in [-0.25, -0.2) is 0 Å². The second-order valence-electron chi connectivity index (χ2n) is 3.33. The van der Waals surface area contributed by atoms with E-state index in [-0.39, 0.29) is 0 Å². The topological polar surface area (TPSA) is 17.1 Å². The lowest BCUT2D eigenvalue weighted by molar-refractivity contribution is 0.602. The molecule has 1 heterocycles. The molecule has 0 aliphatic heterocycles. The average Bonchev–Trinajstić information content (AvgIpc) is 2.30. The summed E-state index contributed by atoms with van der Waals surface area (Å²) < 4.78 is 14.5. The molecule has 0 amide bonds. The molecule has 0 atom stereocenters. The van der Waals surface area contributed by atoms with Crippen LogP contribution in [0.3, 0.4) is 0 Å². The van der Waals surface area contributed by atoms with Gasteiger partial charge in [0.15, 0.2) is 0 Å². The average molecular weight is 231 g/mol. The van der Waals surface area contributed by atoms with Gasteiger partial charge in [0, 0.05) is 0 Å². The van der Waals surface area contributed by atoms with Gasteiger partial charge in [-0.15, -0.1) is 11.3 Å². The van der Waals surface area contributed by atoms with Crippen molar-refractivity contribution in [2.75, 3.05) is 0 Å². The van der Waals surface area contributed by atoms with Crippen LogP contribution in [-0.4, -0.2) is 0 Å². The third kappa shape index (κ3) is 1.38. The Hall–Kier alpha value is -1.24. The van der Waals surface area contributed by atoms with Crippen molar-refractivity contribution >= 4 is 38.4 Å². The van der Waals surface area contributed by atoms with E-state index in [1.165, 1.54) is 0 Å². The Morgan fingerprint density at radius 3 is 1.80 bits per heavy atom. The van der Waals surface area contributed by atoms with Crippen molar-refractivity contribution in [3.8, 4) is 0 Å². The highest BCUT2D eigenvalue weighted by molar-refractivity contribution is 7.52. The van der Waals surface area contributed by atoms with Crippen LogP contribution >= 0.6 is 18.7 Å². The van der Waals surface area contributed by atoms with Gasteiger partial charge in [-0.1, -0.05) is 28.8 Å². The molecule has 0 radical (unpaired) electrons. The van der Waals surface area contributed by atoms with Crippen molar-refractivity contribution < 1.29 is 4.57 Å². The van der Waals surface area contributed by atoms with Crippen molar-refractivity contribution in [1.29, 1.82) is 0 Å². The van der Waals surface area contributed by atoms with Gasteiger partial charge in [-0.3, -0.25) is 0 Å². The zero-order chi connectivity index (χ0) is 10.3. The Labute approximate surface area is 91.7 Å². The molecule has 15 heavy (non-hydrogen) atoms. The molecular weight excluding hydrogens is 223 g/mol. The van der Waals surface area contributed by atoms with E-state index < -0.39 is 7.41 Å². The summed E-state index contributed by atoms with van der Waals surface area (Å²) in [6.07, 6.45) is 0. The maximum atomic E-state index is 12.2. The molecular formula is C12H8OPS+. The number of hydrogen-bond donors (Lipinski definition) is 0. The third-order valence-corrected chi connectivity index (χ3v) is 5.50. The molecule has 0 bridgehead atoms. The van der Waals surface area contributed by atoms with E-state index >= 15 is 0 Å². The fourth-order valence-corrected chi connectivity index (χ4v) is 4.57. The SMILES string of the molecule is O=[p+]1c2ccccc2sc2ccccc21. The van der Waals surface area contributed by atoms with Crippen LogP contribution in [0.5, 0.6) is 0 Å². The minimum atomic E-state index is -1.39. The van der Waals surface area contributed by atoms with Gasteiger partial charge in [0.25, 0.3) is 0 Å². The summed E-state index contributed by atoms with van der Waals surface area (Å²) >= 11 is 1.70. The zero-order valence-electron chi connectivity index (χ0n) is 7.88. The molecule has 3 aromatic rings. The largest absolute Gasteiger partial charge is 0.418 e. The zero-order valence-corrected chi connectivity index (χ0v) is 9.59. The Balaban J connectivity index is 2.66. The normalized spacial score (nSPS) is 10.9. The second-order valence-corrected chi connectivity index (χ2v) is 5.97. The lowest BCUT2D eigenvalue weighted by Gasteiger charge is -1.91. The van der Waals surface area contributed by atoms with Crippen LogP contribution in [-0.2, 0) is 4.57 Å². The summed E-state index contributed by atoms with van der Waals surface area (Å²) in [6.45, 7) is 0. The second kappa shape index (κ2) is 3.41. The summed E-state index contributed by atoms with van der Waals surface area (Å²) in [7, 11) is -1.39. The van der Waals surface area contributed by atoms with E-state index in [9.17, 15) is 4.57 Å². The quantitative estimate of drug-likeness (QED) is 0.508. The maximum absolute atomic E-state index is 12.2. The van der Waals surface area contributed by atoms with Crippen LogP contribution in [0, 0.1) is 0 Å². The fraction of sp³-hybridized carbons (Fsp3) is 0. The predicted octanol–water partition coefficient (Wildman–Crippen LogP) is 4.80. The Kier molecular flexibility index (Phi) is 2.05. The molecule has 2 aromatic carbocycles. The molecule has 0 saturated heterocycles.